The molecule has 0 saturated heterocycles. The summed E-state index contributed by atoms with van der Waals surface area (Å²) in [6, 6.07) is 0.0413. The first-order valence-electron chi connectivity index (χ1n) is 4.40. The predicted octanol–water partition coefficient (Wildman–Crippen LogP) is 2.05. The fourth-order valence-electron chi connectivity index (χ4n) is 1.23. The molecule has 0 unspecified atom stereocenters. The number of nitrogens with zero attached hydrogens (tertiary/aromatic N) is 2. The van der Waals surface area contributed by atoms with Crippen LogP contribution in [0.3, 0.4) is 0 Å². The van der Waals surface area contributed by atoms with Gasteiger partial charge in [-0.05, 0) is 0 Å². The summed E-state index contributed by atoms with van der Waals surface area (Å²) in [5.74, 6) is -1.54. The Labute approximate surface area is 101 Å². The number of nitrogens with two attached hydrogens (primary N) is 1. The second-order valence-corrected chi connectivity index (χ2v) is 3.21. The molecule has 1 heterocycles. The van der Waals surface area contributed by atoms with E-state index in [-0.39, 0.29) is 6.07 Å². The van der Waals surface area contributed by atoms with Gasteiger partial charge in [-0.15, -0.1) is 0 Å². The van der Waals surface area contributed by atoms with E-state index >= 15 is 0 Å². The first-order valence-corrected chi connectivity index (χ1v) is 4.40. The Kier molecular flexibility index (Phi) is 3.68. The van der Waals surface area contributed by atoms with E-state index in [0.717, 1.165) is 0 Å². The maximum Gasteiger partial charge on any atom is 0.440 e. The number of primary amides is 1. The Bertz CT molecular complexity index is 543. The molecule has 0 aliphatic rings. The van der Waals surface area contributed by atoms with Crippen molar-refractivity contribution < 1.29 is 31.7 Å². The minimum Gasteiger partial charge on any atom is -0.366 e. The van der Waals surface area contributed by atoms with Gasteiger partial charge in [-0.3, -0.25) is 14.9 Å². The van der Waals surface area contributed by atoms with Crippen LogP contribution in [-0.2, 0) is 6.18 Å². The number of halogens is 5. The molecule has 0 atom stereocenters. The van der Waals surface area contributed by atoms with E-state index in [0.29, 0.717) is 0 Å². The maximum atomic E-state index is 12.5. The molecule has 1 rings (SSSR count). The lowest BCUT2D eigenvalue weighted by molar-refractivity contribution is -0.388. The molecule has 1 aromatic rings. The molecule has 0 aromatic carbocycles. The highest BCUT2D eigenvalue weighted by molar-refractivity contribution is 5.94. The SMILES string of the molecule is NC(=O)c1cc([N+](=O)[O-])c(C(F)(F)F)nc1C(F)F. The van der Waals surface area contributed by atoms with Crippen molar-refractivity contribution in [2.24, 2.45) is 5.73 Å². The van der Waals surface area contributed by atoms with Crippen LogP contribution in [0.4, 0.5) is 27.6 Å². The topological polar surface area (TPSA) is 99.1 Å². The van der Waals surface area contributed by atoms with Crippen molar-refractivity contribution in [3.8, 4) is 0 Å². The molecule has 1 amide bonds. The molecule has 19 heavy (non-hydrogen) atoms. The molecule has 104 valence electrons. The molecule has 0 saturated carbocycles. The van der Waals surface area contributed by atoms with E-state index in [1.165, 1.54) is 0 Å². The van der Waals surface area contributed by atoms with E-state index < -0.39 is 46.1 Å². The minimum atomic E-state index is -5.32. The Morgan fingerprint density at radius 2 is 1.95 bits per heavy atom. The van der Waals surface area contributed by atoms with Gasteiger partial charge in [0, 0.05) is 6.07 Å². The van der Waals surface area contributed by atoms with Crippen LogP contribution in [0.25, 0.3) is 0 Å². The average molecular weight is 285 g/mol. The molecule has 2 N–H and O–H groups in total. The number of hydrogen-bond acceptors (Lipinski definition) is 4. The highest BCUT2D eigenvalue weighted by Crippen LogP contribution is 2.37. The summed E-state index contributed by atoms with van der Waals surface area (Å²) in [6.07, 6.45) is -8.85. The second-order valence-electron chi connectivity index (χ2n) is 3.21. The fraction of sp³-hybridized carbons (Fsp3) is 0.250. The van der Waals surface area contributed by atoms with Gasteiger partial charge in [0.1, 0.15) is 5.69 Å². The standard InChI is InChI=1S/C8H4F5N3O3/c9-6(10)4-2(7(14)17)1-3(16(18)19)5(15-4)8(11,12)13/h1,6H,(H2,14,17). The number of pyridine rings is 1. The lowest BCUT2D eigenvalue weighted by Crippen LogP contribution is -2.20. The molecule has 0 aliphatic heterocycles. The third-order valence-corrected chi connectivity index (χ3v) is 1.97. The summed E-state index contributed by atoms with van der Waals surface area (Å²) in [5, 5.41) is 10.5. The highest BCUT2D eigenvalue weighted by Gasteiger charge is 2.42. The van der Waals surface area contributed by atoms with Crippen LogP contribution in [-0.4, -0.2) is 15.8 Å². The van der Waals surface area contributed by atoms with Gasteiger partial charge in [-0.2, -0.15) is 13.2 Å². The summed E-state index contributed by atoms with van der Waals surface area (Å²) in [6.45, 7) is 0. The zero-order valence-corrected chi connectivity index (χ0v) is 8.74. The lowest BCUT2D eigenvalue weighted by atomic mass is 10.1. The summed E-state index contributed by atoms with van der Waals surface area (Å²) in [4.78, 5) is 22.2. The van der Waals surface area contributed by atoms with Crippen molar-refractivity contribution in [3.63, 3.8) is 0 Å². The third kappa shape index (κ3) is 2.92. The number of nitro groups is 1. The van der Waals surface area contributed by atoms with Crippen LogP contribution >= 0.6 is 0 Å². The van der Waals surface area contributed by atoms with Crippen molar-refractivity contribution in [3.05, 3.63) is 33.1 Å². The van der Waals surface area contributed by atoms with Crippen molar-refractivity contribution in [2.75, 3.05) is 0 Å². The van der Waals surface area contributed by atoms with Crippen LogP contribution in [0, 0.1) is 10.1 Å². The lowest BCUT2D eigenvalue weighted by Gasteiger charge is -2.10. The molecule has 0 radical (unpaired) electrons. The summed E-state index contributed by atoms with van der Waals surface area (Å²) < 4.78 is 62.3. The van der Waals surface area contributed by atoms with Crippen LogP contribution in [0.1, 0.15) is 28.2 Å². The molecule has 0 fully saturated rings. The molecule has 11 heteroatoms. The summed E-state index contributed by atoms with van der Waals surface area (Å²) in [7, 11) is 0. The molecule has 1 aromatic heterocycles. The van der Waals surface area contributed by atoms with Crippen LogP contribution in [0.15, 0.2) is 6.07 Å². The predicted molar refractivity (Wildman–Crippen MR) is 49.4 cm³/mol. The van der Waals surface area contributed by atoms with Crippen molar-refractivity contribution in [1.29, 1.82) is 0 Å². The number of alkyl halides is 5. The van der Waals surface area contributed by atoms with Gasteiger partial charge >= 0.3 is 11.9 Å². The van der Waals surface area contributed by atoms with Gasteiger partial charge in [0.05, 0.1) is 10.5 Å². The minimum absolute atomic E-state index is 0.0413. The first kappa shape index (κ1) is 14.7. The summed E-state index contributed by atoms with van der Waals surface area (Å²) in [5.41, 5.74) is -1.75. The number of amides is 1. The second kappa shape index (κ2) is 4.74. The fourth-order valence-corrected chi connectivity index (χ4v) is 1.23. The van der Waals surface area contributed by atoms with Crippen molar-refractivity contribution in [2.45, 2.75) is 12.6 Å². The normalized spacial score (nSPS) is 11.7. The maximum absolute atomic E-state index is 12.5. The van der Waals surface area contributed by atoms with E-state index in [1.54, 1.807) is 0 Å². The van der Waals surface area contributed by atoms with Gasteiger partial charge in [0.2, 0.25) is 5.69 Å². The Balaban J connectivity index is 3.70. The molecular formula is C8H4F5N3O3. The first-order chi connectivity index (χ1) is 8.55. The third-order valence-electron chi connectivity index (χ3n) is 1.97. The number of hydrogen-bond donors (Lipinski definition) is 1. The van der Waals surface area contributed by atoms with Crippen molar-refractivity contribution >= 4 is 11.6 Å². The van der Waals surface area contributed by atoms with E-state index in [9.17, 15) is 36.9 Å². The van der Waals surface area contributed by atoms with Crippen molar-refractivity contribution in [1.82, 2.24) is 4.98 Å². The molecule has 0 bridgehead atoms. The van der Waals surface area contributed by atoms with Gasteiger partial charge in [-0.1, -0.05) is 0 Å². The zero-order chi connectivity index (χ0) is 15.0. The highest BCUT2D eigenvalue weighted by atomic mass is 19.4. The van der Waals surface area contributed by atoms with Gasteiger partial charge in [-0.25, -0.2) is 13.8 Å². The average Bonchev–Trinajstić information content (AvgIpc) is 2.25. The molecule has 6 nitrogen and oxygen atoms in total. The van der Waals surface area contributed by atoms with Crippen LogP contribution in [0.5, 0.6) is 0 Å². The monoisotopic (exact) mass is 285 g/mol. The number of carbonyl (C=O) groups excluding carboxylic acids is 1. The molecular weight excluding hydrogens is 281 g/mol. The quantitative estimate of drug-likeness (QED) is 0.521. The van der Waals surface area contributed by atoms with Gasteiger partial charge in [0.25, 0.3) is 12.3 Å². The Morgan fingerprint density at radius 1 is 1.42 bits per heavy atom. The zero-order valence-electron chi connectivity index (χ0n) is 8.74. The number of rotatable bonds is 3. The Hall–Kier alpha value is -2.33. The van der Waals surface area contributed by atoms with Gasteiger partial charge in [0.15, 0.2) is 0 Å². The van der Waals surface area contributed by atoms with E-state index in [2.05, 4.69) is 10.7 Å². The molecule has 0 spiro atoms. The number of aromatic nitrogens is 1. The summed E-state index contributed by atoms with van der Waals surface area (Å²) >= 11 is 0. The van der Waals surface area contributed by atoms with Crippen LogP contribution in [0.2, 0.25) is 0 Å². The molecule has 0 aliphatic carbocycles. The largest absolute Gasteiger partial charge is 0.440 e. The Morgan fingerprint density at radius 3 is 2.26 bits per heavy atom. The van der Waals surface area contributed by atoms with E-state index in [4.69, 9.17) is 0 Å². The smallest absolute Gasteiger partial charge is 0.366 e. The van der Waals surface area contributed by atoms with E-state index in [1.807, 2.05) is 0 Å². The van der Waals surface area contributed by atoms with Gasteiger partial charge < -0.3 is 5.73 Å². The number of carbonyl (C=O) groups is 1. The van der Waals surface area contributed by atoms with Crippen LogP contribution < -0.4 is 5.73 Å².